The number of carbonyl (C=O) groups is 3. The topological polar surface area (TPSA) is 78.9 Å². The van der Waals surface area contributed by atoms with Gasteiger partial charge < -0.3 is 14.2 Å². The average Bonchev–Trinajstić information content (AvgIpc) is 3.47. The van der Waals surface area contributed by atoms with Crippen LogP contribution in [0.25, 0.3) is 0 Å². The number of unbranched alkanes of at least 4 members (excludes halogenated alkanes) is 46. The van der Waals surface area contributed by atoms with Crippen molar-refractivity contribution in [2.75, 3.05) is 13.2 Å². The summed E-state index contributed by atoms with van der Waals surface area (Å²) < 4.78 is 16.9. The van der Waals surface area contributed by atoms with Crippen LogP contribution in [-0.4, -0.2) is 37.2 Å². The Bertz CT molecular complexity index is 1460. The second-order valence-electron chi connectivity index (χ2n) is 24.5. The molecule has 1 atom stereocenters. The molecule has 0 heterocycles. The van der Waals surface area contributed by atoms with E-state index in [9.17, 15) is 14.4 Å². The van der Waals surface area contributed by atoms with E-state index >= 15 is 0 Å². The summed E-state index contributed by atoms with van der Waals surface area (Å²) >= 11 is 0. The van der Waals surface area contributed by atoms with Crippen molar-refractivity contribution in [3.8, 4) is 0 Å². The molecule has 0 fully saturated rings. The number of rotatable bonds is 67. The number of esters is 3. The van der Waals surface area contributed by atoms with Crippen LogP contribution >= 0.6 is 0 Å². The lowest BCUT2D eigenvalue weighted by atomic mass is 10.0. The molecule has 1 unspecified atom stereocenters. The van der Waals surface area contributed by atoms with E-state index in [1.54, 1.807) is 0 Å². The Balaban J connectivity index is 3.96. The van der Waals surface area contributed by atoms with Crippen LogP contribution in [0.2, 0.25) is 0 Å². The van der Waals surface area contributed by atoms with Gasteiger partial charge in [0, 0.05) is 19.3 Å². The minimum atomic E-state index is -0.774. The monoisotopic (exact) mass is 1150 g/mol. The molecule has 0 aliphatic carbocycles. The van der Waals surface area contributed by atoms with Gasteiger partial charge in [-0.25, -0.2) is 0 Å². The van der Waals surface area contributed by atoms with Gasteiger partial charge in [-0.15, -0.1) is 0 Å². The number of hydrogen-bond donors (Lipinski definition) is 0. The van der Waals surface area contributed by atoms with E-state index in [1.165, 1.54) is 250 Å². The number of carbonyl (C=O) groups excluding carboxylic acids is 3. The van der Waals surface area contributed by atoms with E-state index in [0.29, 0.717) is 19.3 Å². The van der Waals surface area contributed by atoms with Crippen LogP contribution in [-0.2, 0) is 28.6 Å². The van der Waals surface area contributed by atoms with Gasteiger partial charge in [-0.05, 0) is 64.2 Å². The molecule has 0 aliphatic heterocycles. The van der Waals surface area contributed by atoms with Crippen molar-refractivity contribution in [3.05, 3.63) is 60.8 Å². The maximum absolute atomic E-state index is 12.9. The molecule has 6 nitrogen and oxygen atoms in total. The van der Waals surface area contributed by atoms with E-state index in [4.69, 9.17) is 14.2 Å². The van der Waals surface area contributed by atoms with Crippen molar-refractivity contribution in [2.24, 2.45) is 0 Å². The summed E-state index contributed by atoms with van der Waals surface area (Å²) in [5.41, 5.74) is 0. The minimum absolute atomic E-state index is 0.0726. The molecule has 0 aliphatic rings. The highest BCUT2D eigenvalue weighted by atomic mass is 16.6. The van der Waals surface area contributed by atoms with Gasteiger partial charge in [0.1, 0.15) is 13.2 Å². The van der Waals surface area contributed by atoms with Crippen LogP contribution in [0.4, 0.5) is 0 Å². The fourth-order valence-electron chi connectivity index (χ4n) is 10.9. The predicted molar refractivity (Wildman–Crippen MR) is 358 cm³/mol. The second kappa shape index (κ2) is 70.6. The number of ether oxygens (including phenoxy) is 3. The Morgan fingerprint density at radius 1 is 0.256 bits per heavy atom. The maximum atomic E-state index is 12.9. The SMILES string of the molecule is CC/C=C\C/C=C\C/C=C\C/C=C\C/C=C\CCCCCCCCCCCC(=O)OC(COC(=O)CCCCCCCC)COC(=O)CCCCCCCCCCCCCCCCCCCCCCCCCCCCCCCCCCC. The summed E-state index contributed by atoms with van der Waals surface area (Å²) in [6.45, 7) is 6.52. The molecule has 0 spiro atoms. The highest BCUT2D eigenvalue weighted by molar-refractivity contribution is 5.71. The zero-order valence-electron chi connectivity index (χ0n) is 55.0. The van der Waals surface area contributed by atoms with Crippen molar-refractivity contribution in [2.45, 2.75) is 393 Å². The molecule has 82 heavy (non-hydrogen) atoms. The Kier molecular flexibility index (Phi) is 68.1. The smallest absolute Gasteiger partial charge is 0.306 e. The average molecular weight is 1150 g/mol. The molecule has 0 N–H and O–H groups in total. The molecule has 0 rings (SSSR count). The first-order valence-electron chi connectivity index (χ1n) is 36.3. The van der Waals surface area contributed by atoms with Crippen LogP contribution in [0.3, 0.4) is 0 Å². The number of hydrogen-bond acceptors (Lipinski definition) is 6. The molecule has 0 aromatic rings. The molecular formula is C76H138O6. The molecule has 0 aromatic heterocycles. The lowest BCUT2D eigenvalue weighted by molar-refractivity contribution is -0.167. The standard InChI is InChI=1S/C76H138O6/c1-4-7-10-13-16-18-20-22-24-26-28-30-32-34-35-36-37-38-39-40-41-43-44-46-48-50-52-54-56-58-60-63-66-69-75(78)81-72-73(71-80-74(77)68-65-62-15-12-9-6-3)82-76(79)70-67-64-61-59-57-55-53-51-49-47-45-42-33-31-29-27-25-23-21-19-17-14-11-8-5-2/h8,11,17,19,23,25,29,31,42,45,73H,4-7,9-10,12-16,18,20-22,24,26-28,30,32-41,43-44,46-72H2,1-3H3/b11-8-,19-17-,25-23-,31-29-,45-42-. The third-order valence-corrected chi connectivity index (χ3v) is 16.3. The molecule has 0 radical (unpaired) electrons. The normalized spacial score (nSPS) is 12.4. The van der Waals surface area contributed by atoms with Crippen LogP contribution in [0.5, 0.6) is 0 Å². The first-order valence-corrected chi connectivity index (χ1v) is 36.3. The lowest BCUT2D eigenvalue weighted by Crippen LogP contribution is -2.30. The van der Waals surface area contributed by atoms with Gasteiger partial charge in [0.15, 0.2) is 6.10 Å². The molecular weight excluding hydrogens is 1010 g/mol. The highest BCUT2D eigenvalue weighted by Crippen LogP contribution is 2.19. The van der Waals surface area contributed by atoms with Gasteiger partial charge in [0.2, 0.25) is 0 Å². The zero-order chi connectivity index (χ0) is 59.2. The fraction of sp³-hybridized carbons (Fsp3) is 0.829. The summed E-state index contributed by atoms with van der Waals surface area (Å²) in [6, 6.07) is 0. The molecule has 0 saturated heterocycles. The van der Waals surface area contributed by atoms with Gasteiger partial charge in [-0.1, -0.05) is 364 Å². The van der Waals surface area contributed by atoms with Crippen LogP contribution < -0.4 is 0 Å². The fourth-order valence-corrected chi connectivity index (χ4v) is 10.9. The first kappa shape index (κ1) is 79.1. The quantitative estimate of drug-likeness (QED) is 0.0261. The van der Waals surface area contributed by atoms with Gasteiger partial charge in [-0.2, -0.15) is 0 Å². The first-order chi connectivity index (χ1) is 40.5. The lowest BCUT2D eigenvalue weighted by Gasteiger charge is -2.18. The molecule has 6 heteroatoms. The largest absolute Gasteiger partial charge is 0.462 e. The molecule has 0 saturated carbocycles. The van der Waals surface area contributed by atoms with Crippen LogP contribution in [0.1, 0.15) is 387 Å². The van der Waals surface area contributed by atoms with Crippen LogP contribution in [0.15, 0.2) is 60.8 Å². The second-order valence-corrected chi connectivity index (χ2v) is 24.5. The summed E-state index contributed by atoms with van der Waals surface area (Å²) in [6.07, 6.45) is 91.7. The van der Waals surface area contributed by atoms with Gasteiger partial charge in [0.25, 0.3) is 0 Å². The van der Waals surface area contributed by atoms with Gasteiger partial charge >= 0.3 is 17.9 Å². The Hall–Kier alpha value is -2.89. The molecule has 0 aromatic carbocycles. The van der Waals surface area contributed by atoms with Crippen molar-refractivity contribution in [3.63, 3.8) is 0 Å². The van der Waals surface area contributed by atoms with E-state index < -0.39 is 6.10 Å². The van der Waals surface area contributed by atoms with E-state index in [2.05, 4.69) is 81.5 Å². The Labute approximate surface area is 510 Å². The third kappa shape index (κ3) is 67.9. The van der Waals surface area contributed by atoms with Gasteiger partial charge in [0.05, 0.1) is 0 Å². The van der Waals surface area contributed by atoms with Crippen molar-refractivity contribution in [1.29, 1.82) is 0 Å². The molecule has 478 valence electrons. The van der Waals surface area contributed by atoms with E-state index in [1.807, 2.05) is 0 Å². The van der Waals surface area contributed by atoms with Crippen molar-refractivity contribution < 1.29 is 28.6 Å². The summed E-state index contributed by atoms with van der Waals surface area (Å²) in [5.74, 6) is -0.868. The summed E-state index contributed by atoms with van der Waals surface area (Å²) in [7, 11) is 0. The highest BCUT2D eigenvalue weighted by Gasteiger charge is 2.19. The molecule has 0 bridgehead atoms. The third-order valence-electron chi connectivity index (χ3n) is 16.3. The zero-order valence-corrected chi connectivity index (χ0v) is 55.0. The van der Waals surface area contributed by atoms with Gasteiger partial charge in [-0.3, -0.25) is 14.4 Å². The summed E-state index contributed by atoms with van der Waals surface area (Å²) in [5, 5.41) is 0. The summed E-state index contributed by atoms with van der Waals surface area (Å²) in [4.78, 5) is 38.1. The Morgan fingerprint density at radius 3 is 0.744 bits per heavy atom. The van der Waals surface area contributed by atoms with Crippen LogP contribution in [0, 0.1) is 0 Å². The van der Waals surface area contributed by atoms with E-state index in [0.717, 1.165) is 96.3 Å². The predicted octanol–water partition coefficient (Wildman–Crippen LogP) is 25.1. The minimum Gasteiger partial charge on any atom is -0.462 e. The molecule has 0 amide bonds. The van der Waals surface area contributed by atoms with Crippen molar-refractivity contribution >= 4 is 17.9 Å². The number of allylic oxidation sites excluding steroid dienone is 10. The maximum Gasteiger partial charge on any atom is 0.306 e. The van der Waals surface area contributed by atoms with E-state index in [-0.39, 0.29) is 31.1 Å². The van der Waals surface area contributed by atoms with Crippen molar-refractivity contribution in [1.82, 2.24) is 0 Å². The Morgan fingerprint density at radius 2 is 0.476 bits per heavy atom.